The van der Waals surface area contributed by atoms with Crippen molar-refractivity contribution in [3.63, 3.8) is 0 Å². The molecule has 0 aliphatic heterocycles. The van der Waals surface area contributed by atoms with Crippen molar-refractivity contribution in [2.45, 2.75) is 39.0 Å². The summed E-state index contributed by atoms with van der Waals surface area (Å²) in [6.07, 6.45) is 6.96. The molecule has 1 aromatic rings. The fourth-order valence-corrected chi connectivity index (χ4v) is 1.84. The van der Waals surface area contributed by atoms with Crippen LogP contribution in [0.25, 0.3) is 0 Å². The molecule has 1 fully saturated rings. The second-order valence-corrected chi connectivity index (χ2v) is 4.27. The van der Waals surface area contributed by atoms with E-state index in [4.69, 9.17) is 0 Å². The Morgan fingerprint density at radius 2 is 2.33 bits per heavy atom. The molecule has 1 aromatic heterocycles. The van der Waals surface area contributed by atoms with Crippen LogP contribution in [0.3, 0.4) is 0 Å². The van der Waals surface area contributed by atoms with Gasteiger partial charge in [0.25, 0.3) is 0 Å². The van der Waals surface area contributed by atoms with Crippen LogP contribution in [0, 0.1) is 5.92 Å². The third-order valence-corrected chi connectivity index (χ3v) is 3.01. The van der Waals surface area contributed by atoms with Gasteiger partial charge in [0.15, 0.2) is 5.78 Å². The molecule has 0 unspecified atom stereocenters. The Balaban J connectivity index is 2.02. The van der Waals surface area contributed by atoms with Gasteiger partial charge in [-0.1, -0.05) is 25.8 Å². The fraction of sp³-hybridized carbons (Fsp3) is 0.538. The fourth-order valence-electron chi connectivity index (χ4n) is 1.84. The van der Waals surface area contributed by atoms with Crippen LogP contribution >= 0.6 is 0 Å². The number of hydrogen-bond acceptors (Lipinski definition) is 2. The highest BCUT2D eigenvalue weighted by molar-refractivity contribution is 5.95. The van der Waals surface area contributed by atoms with Crippen LogP contribution in [0.1, 0.15) is 48.7 Å². The minimum Gasteiger partial charge on any atom is -0.292 e. The van der Waals surface area contributed by atoms with Crippen LogP contribution in [0.4, 0.5) is 0 Å². The smallest absolute Gasteiger partial charge is 0.181 e. The van der Waals surface area contributed by atoms with E-state index in [1.807, 2.05) is 12.1 Å². The van der Waals surface area contributed by atoms with Crippen molar-refractivity contribution in [2.24, 2.45) is 5.92 Å². The normalized spacial score (nSPS) is 15.3. The van der Waals surface area contributed by atoms with Gasteiger partial charge in [0.1, 0.15) is 5.69 Å². The van der Waals surface area contributed by atoms with Crippen LogP contribution in [-0.4, -0.2) is 10.8 Å². The van der Waals surface area contributed by atoms with E-state index in [1.54, 1.807) is 6.20 Å². The first-order chi connectivity index (χ1) is 7.31. The maximum absolute atomic E-state index is 11.9. The number of aromatic nitrogens is 1. The monoisotopic (exact) mass is 203 g/mol. The van der Waals surface area contributed by atoms with Crippen molar-refractivity contribution in [3.05, 3.63) is 29.6 Å². The van der Waals surface area contributed by atoms with Gasteiger partial charge < -0.3 is 0 Å². The van der Waals surface area contributed by atoms with Gasteiger partial charge in [-0.05, 0) is 30.4 Å². The summed E-state index contributed by atoms with van der Waals surface area (Å²) < 4.78 is 0. The highest BCUT2D eigenvalue weighted by Crippen LogP contribution is 2.33. The number of nitrogens with zero attached hydrogens (tertiary/aromatic N) is 1. The zero-order chi connectivity index (χ0) is 10.7. The first-order valence-corrected chi connectivity index (χ1v) is 5.78. The van der Waals surface area contributed by atoms with Gasteiger partial charge in [0, 0.05) is 12.6 Å². The largest absolute Gasteiger partial charge is 0.292 e. The van der Waals surface area contributed by atoms with Crippen molar-refractivity contribution >= 4 is 5.78 Å². The molecular weight excluding hydrogens is 186 g/mol. The Morgan fingerprint density at radius 1 is 1.53 bits per heavy atom. The standard InChI is InChI=1S/C13H17NO/c1-2-11-4-3-9-14-13(11)12(15)8-7-10-5-6-10/h3-4,9-10H,2,5-8H2,1H3. The Kier molecular flexibility index (Phi) is 3.14. The topological polar surface area (TPSA) is 30.0 Å². The van der Waals surface area contributed by atoms with E-state index in [0.29, 0.717) is 12.1 Å². The predicted octanol–water partition coefficient (Wildman–Crippen LogP) is 3.02. The van der Waals surface area contributed by atoms with E-state index in [2.05, 4.69) is 11.9 Å². The molecule has 0 amide bonds. The van der Waals surface area contributed by atoms with Gasteiger partial charge >= 0.3 is 0 Å². The van der Waals surface area contributed by atoms with Crippen LogP contribution < -0.4 is 0 Å². The highest BCUT2D eigenvalue weighted by atomic mass is 16.1. The molecule has 2 nitrogen and oxygen atoms in total. The Hall–Kier alpha value is -1.18. The average molecular weight is 203 g/mol. The molecule has 0 aromatic carbocycles. The van der Waals surface area contributed by atoms with Crippen molar-refractivity contribution in [1.82, 2.24) is 4.98 Å². The van der Waals surface area contributed by atoms with E-state index >= 15 is 0 Å². The lowest BCUT2D eigenvalue weighted by Crippen LogP contribution is -2.06. The Morgan fingerprint density at radius 3 is 3.00 bits per heavy atom. The first kappa shape index (κ1) is 10.3. The molecule has 2 rings (SSSR count). The minimum absolute atomic E-state index is 0.222. The first-order valence-electron chi connectivity index (χ1n) is 5.78. The second kappa shape index (κ2) is 4.56. The summed E-state index contributed by atoms with van der Waals surface area (Å²) in [5.74, 6) is 1.04. The van der Waals surface area contributed by atoms with Gasteiger partial charge in [0.05, 0.1) is 0 Å². The molecular formula is C13H17NO. The molecule has 15 heavy (non-hydrogen) atoms. The summed E-state index contributed by atoms with van der Waals surface area (Å²) in [7, 11) is 0. The molecule has 1 heterocycles. The molecule has 0 bridgehead atoms. The number of pyridine rings is 1. The Bertz CT molecular complexity index is 355. The zero-order valence-electron chi connectivity index (χ0n) is 9.20. The number of carbonyl (C=O) groups excluding carboxylic acids is 1. The molecule has 0 spiro atoms. The minimum atomic E-state index is 0.222. The Labute approximate surface area is 90.7 Å². The van der Waals surface area contributed by atoms with E-state index in [1.165, 1.54) is 12.8 Å². The summed E-state index contributed by atoms with van der Waals surface area (Å²) in [5.41, 5.74) is 1.78. The summed E-state index contributed by atoms with van der Waals surface area (Å²) >= 11 is 0. The molecule has 0 N–H and O–H groups in total. The number of Topliss-reactive ketones (excluding diaryl/α,β-unsaturated/α-hetero) is 1. The predicted molar refractivity (Wildman–Crippen MR) is 59.9 cm³/mol. The van der Waals surface area contributed by atoms with Crippen molar-refractivity contribution in [2.75, 3.05) is 0 Å². The quantitative estimate of drug-likeness (QED) is 0.688. The molecule has 1 aliphatic rings. The van der Waals surface area contributed by atoms with E-state index < -0.39 is 0 Å². The van der Waals surface area contributed by atoms with Crippen molar-refractivity contribution in [1.29, 1.82) is 0 Å². The second-order valence-electron chi connectivity index (χ2n) is 4.27. The van der Waals surface area contributed by atoms with E-state index in [0.717, 1.165) is 24.3 Å². The number of rotatable bonds is 5. The maximum atomic E-state index is 11.9. The summed E-state index contributed by atoms with van der Waals surface area (Å²) in [6, 6.07) is 3.90. The van der Waals surface area contributed by atoms with Gasteiger partial charge in [0.2, 0.25) is 0 Å². The van der Waals surface area contributed by atoms with E-state index in [9.17, 15) is 4.79 Å². The average Bonchev–Trinajstić information content (AvgIpc) is 3.09. The molecule has 0 atom stereocenters. The molecule has 1 aliphatic carbocycles. The highest BCUT2D eigenvalue weighted by Gasteiger charge is 2.22. The van der Waals surface area contributed by atoms with Crippen LogP contribution in [0.2, 0.25) is 0 Å². The zero-order valence-corrected chi connectivity index (χ0v) is 9.20. The van der Waals surface area contributed by atoms with Crippen LogP contribution in [0.15, 0.2) is 18.3 Å². The lowest BCUT2D eigenvalue weighted by Gasteiger charge is -2.04. The van der Waals surface area contributed by atoms with Gasteiger partial charge in [-0.2, -0.15) is 0 Å². The van der Waals surface area contributed by atoms with Crippen molar-refractivity contribution < 1.29 is 4.79 Å². The molecule has 80 valence electrons. The van der Waals surface area contributed by atoms with Crippen LogP contribution in [0.5, 0.6) is 0 Å². The SMILES string of the molecule is CCc1cccnc1C(=O)CCC1CC1. The number of aryl methyl sites for hydroxylation is 1. The lowest BCUT2D eigenvalue weighted by atomic mass is 10.0. The number of carbonyl (C=O) groups is 1. The number of ketones is 1. The third kappa shape index (κ3) is 2.65. The summed E-state index contributed by atoms with van der Waals surface area (Å²) in [5, 5.41) is 0. The maximum Gasteiger partial charge on any atom is 0.181 e. The van der Waals surface area contributed by atoms with Crippen LogP contribution in [-0.2, 0) is 6.42 Å². The lowest BCUT2D eigenvalue weighted by molar-refractivity contribution is 0.0972. The molecule has 0 radical (unpaired) electrons. The third-order valence-electron chi connectivity index (χ3n) is 3.01. The summed E-state index contributed by atoms with van der Waals surface area (Å²) in [6.45, 7) is 2.06. The molecule has 0 saturated heterocycles. The van der Waals surface area contributed by atoms with Gasteiger partial charge in [-0.15, -0.1) is 0 Å². The molecule has 2 heteroatoms. The van der Waals surface area contributed by atoms with E-state index in [-0.39, 0.29) is 5.78 Å². The number of hydrogen-bond donors (Lipinski definition) is 0. The summed E-state index contributed by atoms with van der Waals surface area (Å²) in [4.78, 5) is 16.1. The molecule has 1 saturated carbocycles. The van der Waals surface area contributed by atoms with Crippen molar-refractivity contribution in [3.8, 4) is 0 Å². The van der Waals surface area contributed by atoms with Gasteiger partial charge in [-0.3, -0.25) is 9.78 Å². The van der Waals surface area contributed by atoms with Gasteiger partial charge in [-0.25, -0.2) is 0 Å².